The highest BCUT2D eigenvalue weighted by Gasteiger charge is 2.21. The molecule has 0 saturated heterocycles. The average molecular weight is 199 g/mol. The zero-order valence-electron chi connectivity index (χ0n) is 9.88. The smallest absolute Gasteiger partial charge is 0.0696 e. The monoisotopic (exact) mass is 199 g/mol. The summed E-state index contributed by atoms with van der Waals surface area (Å²) in [4.78, 5) is 0. The van der Waals surface area contributed by atoms with Gasteiger partial charge in [0.15, 0.2) is 0 Å². The number of rotatable bonds is 8. The lowest BCUT2D eigenvalue weighted by Crippen LogP contribution is -2.30. The van der Waals surface area contributed by atoms with Crippen LogP contribution in [0, 0.1) is 5.92 Å². The summed E-state index contributed by atoms with van der Waals surface area (Å²) in [5, 5.41) is 3.52. The molecule has 84 valence electrons. The van der Waals surface area contributed by atoms with Gasteiger partial charge in [-0.1, -0.05) is 20.8 Å². The van der Waals surface area contributed by atoms with Gasteiger partial charge < -0.3 is 10.1 Å². The second-order valence-electron chi connectivity index (χ2n) is 4.77. The third-order valence-corrected chi connectivity index (χ3v) is 2.72. The summed E-state index contributed by atoms with van der Waals surface area (Å²) in [5.74, 6) is 0.754. The number of ether oxygens (including phenoxy) is 1. The molecule has 1 fully saturated rings. The van der Waals surface area contributed by atoms with Crippen molar-refractivity contribution in [3.8, 4) is 0 Å². The SMILES string of the molecule is CCC(CNC1CC1)OCCC(C)C. The van der Waals surface area contributed by atoms with Crippen LogP contribution in [0.2, 0.25) is 0 Å². The van der Waals surface area contributed by atoms with Gasteiger partial charge in [0.1, 0.15) is 0 Å². The molecule has 0 amide bonds. The lowest BCUT2D eigenvalue weighted by Gasteiger charge is -2.17. The van der Waals surface area contributed by atoms with Gasteiger partial charge in [-0.2, -0.15) is 0 Å². The maximum Gasteiger partial charge on any atom is 0.0696 e. The summed E-state index contributed by atoms with van der Waals surface area (Å²) < 4.78 is 5.82. The summed E-state index contributed by atoms with van der Waals surface area (Å²) in [6.45, 7) is 8.65. The molecule has 2 heteroatoms. The Morgan fingerprint density at radius 1 is 1.36 bits per heavy atom. The summed E-state index contributed by atoms with van der Waals surface area (Å²) >= 11 is 0. The molecule has 2 nitrogen and oxygen atoms in total. The molecule has 1 N–H and O–H groups in total. The first kappa shape index (κ1) is 12.0. The van der Waals surface area contributed by atoms with Crippen LogP contribution in [0.15, 0.2) is 0 Å². The maximum absolute atomic E-state index is 5.82. The summed E-state index contributed by atoms with van der Waals surface area (Å²) in [7, 11) is 0. The Labute approximate surface area is 88.4 Å². The van der Waals surface area contributed by atoms with Gasteiger partial charge >= 0.3 is 0 Å². The minimum absolute atomic E-state index is 0.425. The molecule has 0 aromatic carbocycles. The zero-order valence-corrected chi connectivity index (χ0v) is 9.88. The van der Waals surface area contributed by atoms with Crippen molar-refractivity contribution in [1.82, 2.24) is 5.32 Å². The van der Waals surface area contributed by atoms with Gasteiger partial charge in [-0.3, -0.25) is 0 Å². The first-order chi connectivity index (χ1) is 6.72. The highest BCUT2D eigenvalue weighted by molar-refractivity contribution is 4.81. The predicted octanol–water partition coefficient (Wildman–Crippen LogP) is 2.58. The van der Waals surface area contributed by atoms with Crippen LogP contribution < -0.4 is 5.32 Å². The first-order valence-electron chi connectivity index (χ1n) is 6.07. The average Bonchev–Trinajstić information content (AvgIpc) is 2.94. The van der Waals surface area contributed by atoms with Crippen LogP contribution in [-0.2, 0) is 4.74 Å². The van der Waals surface area contributed by atoms with Gasteiger partial charge in [-0.15, -0.1) is 0 Å². The molecule has 0 heterocycles. The molecule has 1 aliphatic rings. The lowest BCUT2D eigenvalue weighted by molar-refractivity contribution is 0.0440. The van der Waals surface area contributed by atoms with E-state index in [9.17, 15) is 0 Å². The summed E-state index contributed by atoms with van der Waals surface area (Å²) in [6, 6.07) is 0.803. The third-order valence-electron chi connectivity index (χ3n) is 2.72. The molecule has 0 aromatic heterocycles. The number of nitrogens with one attached hydrogen (secondary N) is 1. The van der Waals surface area contributed by atoms with E-state index >= 15 is 0 Å². The van der Waals surface area contributed by atoms with E-state index in [1.807, 2.05) is 0 Å². The van der Waals surface area contributed by atoms with E-state index in [1.165, 1.54) is 19.3 Å². The van der Waals surface area contributed by atoms with Gasteiger partial charge in [0.25, 0.3) is 0 Å². The van der Waals surface area contributed by atoms with Gasteiger partial charge in [0.2, 0.25) is 0 Å². The van der Waals surface area contributed by atoms with Crippen LogP contribution in [0.5, 0.6) is 0 Å². The van der Waals surface area contributed by atoms with Crippen molar-refractivity contribution in [3.05, 3.63) is 0 Å². The van der Waals surface area contributed by atoms with E-state index in [1.54, 1.807) is 0 Å². The predicted molar refractivity (Wildman–Crippen MR) is 60.5 cm³/mol. The molecular formula is C12H25NO. The minimum Gasteiger partial charge on any atom is -0.377 e. The Balaban J connectivity index is 1.98. The topological polar surface area (TPSA) is 21.3 Å². The molecule has 1 saturated carbocycles. The third kappa shape index (κ3) is 5.61. The number of hydrogen-bond donors (Lipinski definition) is 1. The van der Waals surface area contributed by atoms with E-state index in [0.29, 0.717) is 6.10 Å². The number of hydrogen-bond acceptors (Lipinski definition) is 2. The molecule has 0 aromatic rings. The second-order valence-corrected chi connectivity index (χ2v) is 4.77. The van der Waals surface area contributed by atoms with Gasteiger partial charge in [0, 0.05) is 19.2 Å². The van der Waals surface area contributed by atoms with Crippen LogP contribution in [-0.4, -0.2) is 25.3 Å². The summed E-state index contributed by atoms with van der Waals surface area (Å²) in [5.41, 5.74) is 0. The van der Waals surface area contributed by atoms with E-state index in [2.05, 4.69) is 26.1 Å². The van der Waals surface area contributed by atoms with E-state index in [0.717, 1.165) is 31.5 Å². The zero-order chi connectivity index (χ0) is 10.4. The fourth-order valence-corrected chi connectivity index (χ4v) is 1.38. The Bertz CT molecular complexity index is 143. The van der Waals surface area contributed by atoms with Crippen molar-refractivity contribution < 1.29 is 4.74 Å². The van der Waals surface area contributed by atoms with Crippen LogP contribution in [0.1, 0.15) is 46.5 Å². The van der Waals surface area contributed by atoms with Gasteiger partial charge in [-0.25, -0.2) is 0 Å². The highest BCUT2D eigenvalue weighted by atomic mass is 16.5. The Morgan fingerprint density at radius 2 is 2.07 bits per heavy atom. The fraction of sp³-hybridized carbons (Fsp3) is 1.00. The van der Waals surface area contributed by atoms with Gasteiger partial charge in [0.05, 0.1) is 6.10 Å². The van der Waals surface area contributed by atoms with Crippen molar-refractivity contribution >= 4 is 0 Å². The molecular weight excluding hydrogens is 174 g/mol. The normalized spacial score (nSPS) is 18.9. The Hall–Kier alpha value is -0.0800. The van der Waals surface area contributed by atoms with Crippen molar-refractivity contribution in [1.29, 1.82) is 0 Å². The van der Waals surface area contributed by atoms with Crippen molar-refractivity contribution in [2.75, 3.05) is 13.2 Å². The van der Waals surface area contributed by atoms with Crippen LogP contribution in [0.25, 0.3) is 0 Å². The van der Waals surface area contributed by atoms with Crippen LogP contribution in [0.4, 0.5) is 0 Å². The first-order valence-corrected chi connectivity index (χ1v) is 6.07. The highest BCUT2D eigenvalue weighted by Crippen LogP contribution is 2.18. The Morgan fingerprint density at radius 3 is 2.57 bits per heavy atom. The van der Waals surface area contributed by atoms with Gasteiger partial charge in [-0.05, 0) is 31.6 Å². The Kier molecular flexibility index (Phi) is 5.49. The molecule has 0 radical (unpaired) electrons. The largest absolute Gasteiger partial charge is 0.377 e. The molecule has 1 unspecified atom stereocenters. The lowest BCUT2D eigenvalue weighted by atomic mass is 10.1. The molecule has 0 bridgehead atoms. The van der Waals surface area contributed by atoms with Crippen LogP contribution >= 0.6 is 0 Å². The van der Waals surface area contributed by atoms with E-state index in [-0.39, 0.29) is 0 Å². The molecule has 1 aliphatic carbocycles. The second kappa shape index (κ2) is 6.41. The fourth-order valence-electron chi connectivity index (χ4n) is 1.38. The molecule has 0 spiro atoms. The van der Waals surface area contributed by atoms with E-state index < -0.39 is 0 Å². The van der Waals surface area contributed by atoms with Crippen molar-refractivity contribution in [2.24, 2.45) is 5.92 Å². The quantitative estimate of drug-likeness (QED) is 0.649. The minimum atomic E-state index is 0.425. The maximum atomic E-state index is 5.82. The summed E-state index contributed by atoms with van der Waals surface area (Å²) in [6.07, 6.45) is 5.46. The molecule has 1 atom stereocenters. The molecule has 14 heavy (non-hydrogen) atoms. The van der Waals surface area contributed by atoms with Crippen molar-refractivity contribution in [2.45, 2.75) is 58.6 Å². The van der Waals surface area contributed by atoms with Crippen molar-refractivity contribution in [3.63, 3.8) is 0 Å². The van der Waals surface area contributed by atoms with E-state index in [4.69, 9.17) is 4.74 Å². The molecule has 1 rings (SSSR count). The molecule has 0 aliphatic heterocycles. The van der Waals surface area contributed by atoms with Crippen LogP contribution in [0.3, 0.4) is 0 Å². The standard InChI is InChI=1S/C12H25NO/c1-4-12(9-13-11-5-6-11)14-8-7-10(2)3/h10-13H,4-9H2,1-3H3.